The lowest BCUT2D eigenvalue weighted by atomic mass is 9.95. The smallest absolute Gasteiger partial charge is 0.227 e. The Kier molecular flexibility index (Phi) is 4.99. The first kappa shape index (κ1) is 16.0. The molecule has 0 aliphatic carbocycles. The molecule has 0 unspecified atom stereocenters. The molecular formula is C19H26N2O2. The van der Waals surface area contributed by atoms with Crippen LogP contribution in [0.3, 0.4) is 0 Å². The van der Waals surface area contributed by atoms with Crippen LogP contribution in [0.1, 0.15) is 37.7 Å². The van der Waals surface area contributed by atoms with Gasteiger partial charge in [0.15, 0.2) is 0 Å². The summed E-state index contributed by atoms with van der Waals surface area (Å²) in [5, 5.41) is 0. The van der Waals surface area contributed by atoms with Gasteiger partial charge in [-0.1, -0.05) is 30.3 Å². The van der Waals surface area contributed by atoms with Gasteiger partial charge in [0.05, 0.1) is 5.92 Å². The monoisotopic (exact) mass is 314 g/mol. The number of benzene rings is 1. The SMILES string of the molecule is CN1C(=O)[C@@H]2CC[C@H]1CN(C(=O)CCCCc1ccccc1)C2. The molecule has 1 aromatic rings. The van der Waals surface area contributed by atoms with Crippen LogP contribution in [-0.4, -0.2) is 47.8 Å². The van der Waals surface area contributed by atoms with Crippen LogP contribution in [0, 0.1) is 5.92 Å². The summed E-state index contributed by atoms with van der Waals surface area (Å²) in [5.74, 6) is 0.464. The van der Waals surface area contributed by atoms with Gasteiger partial charge < -0.3 is 9.80 Å². The van der Waals surface area contributed by atoms with Gasteiger partial charge in [-0.3, -0.25) is 9.59 Å². The summed E-state index contributed by atoms with van der Waals surface area (Å²) < 4.78 is 0. The Balaban J connectivity index is 1.46. The summed E-state index contributed by atoms with van der Waals surface area (Å²) in [6, 6.07) is 10.6. The fourth-order valence-electron chi connectivity index (χ4n) is 3.77. The van der Waals surface area contributed by atoms with Gasteiger partial charge in [-0.05, 0) is 37.7 Å². The third kappa shape index (κ3) is 3.74. The number of unbranched alkanes of at least 4 members (excludes halogenated alkanes) is 1. The number of hydrogen-bond donors (Lipinski definition) is 0. The van der Waals surface area contributed by atoms with Crippen LogP contribution >= 0.6 is 0 Å². The van der Waals surface area contributed by atoms with Gasteiger partial charge >= 0.3 is 0 Å². The van der Waals surface area contributed by atoms with Crippen molar-refractivity contribution in [2.24, 2.45) is 5.92 Å². The molecule has 0 aromatic heterocycles. The molecular weight excluding hydrogens is 288 g/mol. The minimum absolute atomic E-state index is 0.0204. The van der Waals surface area contributed by atoms with E-state index in [-0.39, 0.29) is 23.8 Å². The normalized spacial score (nSPS) is 24.0. The van der Waals surface area contributed by atoms with Crippen molar-refractivity contribution in [3.05, 3.63) is 35.9 Å². The highest BCUT2D eigenvalue weighted by atomic mass is 16.2. The van der Waals surface area contributed by atoms with Gasteiger partial charge in [0.1, 0.15) is 0 Å². The van der Waals surface area contributed by atoms with Crippen molar-refractivity contribution in [2.75, 3.05) is 20.1 Å². The van der Waals surface area contributed by atoms with Crippen molar-refractivity contribution >= 4 is 11.8 Å². The summed E-state index contributed by atoms with van der Waals surface area (Å²) in [6.07, 6.45) is 5.56. The van der Waals surface area contributed by atoms with E-state index in [0.717, 1.165) is 38.6 Å². The van der Waals surface area contributed by atoms with Gasteiger partial charge in [0, 0.05) is 32.6 Å². The number of rotatable bonds is 5. The van der Waals surface area contributed by atoms with E-state index in [0.29, 0.717) is 13.0 Å². The van der Waals surface area contributed by atoms with Crippen LogP contribution in [0.2, 0.25) is 0 Å². The topological polar surface area (TPSA) is 40.6 Å². The molecule has 4 heteroatoms. The summed E-state index contributed by atoms with van der Waals surface area (Å²) in [6.45, 7) is 1.34. The average molecular weight is 314 g/mol. The molecule has 2 amide bonds. The number of amides is 2. The Morgan fingerprint density at radius 2 is 1.91 bits per heavy atom. The average Bonchev–Trinajstić information content (AvgIpc) is 2.86. The van der Waals surface area contributed by atoms with E-state index in [1.165, 1.54) is 5.56 Å². The predicted octanol–water partition coefficient (Wildman–Crippen LogP) is 2.48. The molecule has 0 spiro atoms. The van der Waals surface area contributed by atoms with Crippen LogP contribution < -0.4 is 0 Å². The van der Waals surface area contributed by atoms with Crippen LogP contribution in [0.15, 0.2) is 30.3 Å². The lowest BCUT2D eigenvalue weighted by molar-refractivity contribution is -0.138. The first-order valence-corrected chi connectivity index (χ1v) is 8.73. The molecule has 4 rings (SSSR count). The van der Waals surface area contributed by atoms with E-state index < -0.39 is 0 Å². The third-order valence-corrected chi connectivity index (χ3v) is 5.27. The summed E-state index contributed by atoms with van der Waals surface area (Å²) >= 11 is 0. The predicted molar refractivity (Wildman–Crippen MR) is 89.9 cm³/mol. The molecule has 0 radical (unpaired) electrons. The molecule has 2 bridgehead atoms. The van der Waals surface area contributed by atoms with Crippen molar-refractivity contribution in [1.29, 1.82) is 0 Å². The number of likely N-dealkylation sites (N-methyl/N-ethyl adjacent to an activating group) is 1. The van der Waals surface area contributed by atoms with Crippen LogP contribution in [0.25, 0.3) is 0 Å². The van der Waals surface area contributed by atoms with Gasteiger partial charge in [-0.2, -0.15) is 0 Å². The fraction of sp³-hybridized carbons (Fsp3) is 0.579. The maximum absolute atomic E-state index is 12.5. The lowest BCUT2D eigenvalue weighted by Crippen LogP contribution is -2.45. The zero-order chi connectivity index (χ0) is 16.2. The highest BCUT2D eigenvalue weighted by Gasteiger charge is 2.39. The van der Waals surface area contributed by atoms with Crippen molar-refractivity contribution in [1.82, 2.24) is 9.80 Å². The van der Waals surface area contributed by atoms with Crippen molar-refractivity contribution < 1.29 is 9.59 Å². The van der Waals surface area contributed by atoms with Crippen molar-refractivity contribution in [2.45, 2.75) is 44.6 Å². The first-order valence-electron chi connectivity index (χ1n) is 8.73. The number of hydrogen-bond acceptors (Lipinski definition) is 2. The Labute approximate surface area is 138 Å². The summed E-state index contributed by atoms with van der Waals surface area (Å²) in [4.78, 5) is 28.5. The lowest BCUT2D eigenvalue weighted by Gasteiger charge is -2.32. The molecule has 3 aliphatic heterocycles. The molecule has 3 saturated heterocycles. The Bertz CT molecular complexity index is 558. The quantitative estimate of drug-likeness (QED) is 0.784. The standard InChI is InChI=1S/C19H26N2O2/c1-20-17-12-11-16(19(20)23)13-21(14-17)18(22)10-6-5-9-15-7-3-2-4-8-15/h2-4,7-8,16-17H,5-6,9-14H2,1H3/t16-,17+/m1/s1. The number of fused-ring (bicyclic) bond motifs is 4. The van der Waals surface area contributed by atoms with Crippen molar-refractivity contribution in [3.63, 3.8) is 0 Å². The number of nitrogens with zero attached hydrogens (tertiary/aromatic N) is 2. The third-order valence-electron chi connectivity index (χ3n) is 5.27. The highest BCUT2D eigenvalue weighted by molar-refractivity contribution is 5.83. The van der Waals surface area contributed by atoms with E-state index >= 15 is 0 Å². The molecule has 4 nitrogen and oxygen atoms in total. The Morgan fingerprint density at radius 3 is 2.70 bits per heavy atom. The number of carbonyl (C=O) groups excluding carboxylic acids is 2. The second-order valence-electron chi connectivity index (χ2n) is 6.87. The van der Waals surface area contributed by atoms with Gasteiger partial charge in [0.2, 0.25) is 11.8 Å². The largest absolute Gasteiger partial charge is 0.341 e. The Morgan fingerprint density at radius 1 is 1.13 bits per heavy atom. The minimum atomic E-state index is 0.0204. The first-order chi connectivity index (χ1) is 11.1. The highest BCUT2D eigenvalue weighted by Crippen LogP contribution is 2.28. The molecule has 3 fully saturated rings. The molecule has 2 atom stereocenters. The molecule has 23 heavy (non-hydrogen) atoms. The number of carbonyl (C=O) groups is 2. The van der Waals surface area contributed by atoms with Crippen LogP contribution in [0.5, 0.6) is 0 Å². The van der Waals surface area contributed by atoms with Crippen molar-refractivity contribution in [3.8, 4) is 0 Å². The Hall–Kier alpha value is -1.84. The molecule has 0 N–H and O–H groups in total. The number of aryl methyl sites for hydroxylation is 1. The zero-order valence-corrected chi connectivity index (χ0v) is 13.9. The van der Waals surface area contributed by atoms with E-state index in [9.17, 15) is 9.59 Å². The molecule has 1 aromatic carbocycles. The minimum Gasteiger partial charge on any atom is -0.341 e. The van der Waals surface area contributed by atoms with E-state index in [2.05, 4.69) is 24.3 Å². The molecule has 0 saturated carbocycles. The van der Waals surface area contributed by atoms with Gasteiger partial charge in [0.25, 0.3) is 0 Å². The second kappa shape index (κ2) is 7.16. The summed E-state index contributed by atoms with van der Waals surface area (Å²) in [7, 11) is 1.88. The van der Waals surface area contributed by atoms with Crippen LogP contribution in [0.4, 0.5) is 0 Å². The fourth-order valence-corrected chi connectivity index (χ4v) is 3.77. The summed E-state index contributed by atoms with van der Waals surface area (Å²) in [5.41, 5.74) is 1.33. The molecule has 124 valence electrons. The van der Waals surface area contributed by atoms with E-state index in [1.54, 1.807) is 0 Å². The molecule has 3 heterocycles. The van der Waals surface area contributed by atoms with Crippen LogP contribution in [-0.2, 0) is 16.0 Å². The molecule has 3 aliphatic rings. The van der Waals surface area contributed by atoms with E-state index in [1.807, 2.05) is 22.9 Å². The zero-order valence-electron chi connectivity index (χ0n) is 13.9. The maximum atomic E-state index is 12.5. The second-order valence-corrected chi connectivity index (χ2v) is 6.87. The van der Waals surface area contributed by atoms with E-state index in [4.69, 9.17) is 0 Å². The number of piperidine rings is 1. The maximum Gasteiger partial charge on any atom is 0.227 e. The van der Waals surface area contributed by atoms with Gasteiger partial charge in [-0.15, -0.1) is 0 Å². The van der Waals surface area contributed by atoms with Gasteiger partial charge in [-0.25, -0.2) is 0 Å².